The molecule has 1 heteroatoms. The Morgan fingerprint density at radius 1 is 0.733 bits per heavy atom. The van der Waals surface area contributed by atoms with E-state index in [9.17, 15) is 4.79 Å². The van der Waals surface area contributed by atoms with Crippen molar-refractivity contribution in [2.75, 3.05) is 0 Å². The van der Waals surface area contributed by atoms with Gasteiger partial charge >= 0.3 is 0 Å². The second-order valence-electron chi connectivity index (χ2n) is 9.39. The summed E-state index contributed by atoms with van der Waals surface area (Å²) < 4.78 is 0. The van der Waals surface area contributed by atoms with Gasteiger partial charge in [-0.1, -0.05) is 107 Å². The Balaban J connectivity index is 1.50. The number of hydrogen-bond acceptors (Lipinski definition) is 1. The normalized spacial score (nSPS) is 19.0. The molecule has 1 nitrogen and oxygen atoms in total. The molecule has 2 aromatic carbocycles. The summed E-state index contributed by atoms with van der Waals surface area (Å²) in [6.07, 6.45) is 14.9. The highest BCUT2D eigenvalue weighted by Crippen LogP contribution is 2.34. The van der Waals surface area contributed by atoms with E-state index in [1.54, 1.807) is 0 Å². The van der Waals surface area contributed by atoms with Gasteiger partial charge in [0.15, 0.2) is 5.78 Å². The Morgan fingerprint density at radius 2 is 1.30 bits per heavy atom. The largest absolute Gasteiger partial charge is 0.294 e. The minimum absolute atomic E-state index is 0.324. The summed E-state index contributed by atoms with van der Waals surface area (Å²) in [5, 5.41) is 0. The van der Waals surface area contributed by atoms with Crippen LogP contribution in [0.5, 0.6) is 0 Å². The average Bonchev–Trinajstić information content (AvgIpc) is 2.79. The van der Waals surface area contributed by atoms with E-state index in [2.05, 4.69) is 50.2 Å². The SMILES string of the molecule is CCCCCc1ccc(-c2ccc(C(=O)CC3CCC(CCCC)CC3)cc2)cc1. The van der Waals surface area contributed by atoms with Crippen LogP contribution in [0.25, 0.3) is 11.1 Å². The monoisotopic (exact) mass is 404 g/mol. The van der Waals surface area contributed by atoms with Crippen molar-refractivity contribution in [1.82, 2.24) is 0 Å². The third kappa shape index (κ3) is 6.83. The van der Waals surface area contributed by atoms with Gasteiger partial charge in [0, 0.05) is 12.0 Å². The van der Waals surface area contributed by atoms with Crippen LogP contribution in [0.4, 0.5) is 0 Å². The van der Waals surface area contributed by atoms with Crippen molar-refractivity contribution in [3.8, 4) is 11.1 Å². The van der Waals surface area contributed by atoms with Crippen molar-refractivity contribution in [3.63, 3.8) is 0 Å². The Hall–Kier alpha value is -1.89. The van der Waals surface area contributed by atoms with Crippen molar-refractivity contribution in [2.45, 2.75) is 90.9 Å². The molecule has 1 aliphatic rings. The van der Waals surface area contributed by atoms with Gasteiger partial charge in [-0.15, -0.1) is 0 Å². The maximum atomic E-state index is 12.8. The molecule has 0 saturated heterocycles. The fraction of sp³-hybridized carbons (Fsp3) is 0.552. The molecule has 0 amide bonds. The van der Waals surface area contributed by atoms with Gasteiger partial charge in [0.1, 0.15) is 0 Å². The van der Waals surface area contributed by atoms with Crippen molar-refractivity contribution in [1.29, 1.82) is 0 Å². The van der Waals surface area contributed by atoms with Crippen molar-refractivity contribution in [3.05, 3.63) is 59.7 Å². The Morgan fingerprint density at radius 3 is 1.90 bits per heavy atom. The van der Waals surface area contributed by atoms with E-state index in [-0.39, 0.29) is 0 Å². The van der Waals surface area contributed by atoms with E-state index in [4.69, 9.17) is 0 Å². The number of rotatable bonds is 11. The van der Waals surface area contributed by atoms with E-state index in [0.717, 1.165) is 17.9 Å². The lowest BCUT2D eigenvalue weighted by Gasteiger charge is -2.28. The maximum Gasteiger partial charge on any atom is 0.163 e. The number of aryl methyl sites for hydroxylation is 1. The standard InChI is InChI=1S/C29H40O/c1-3-5-7-9-24-14-16-26(17-15-24)27-18-20-28(21-19-27)29(30)22-25-12-10-23(11-13-25)8-6-4-2/h14-21,23,25H,3-13,22H2,1-2H3. The molecule has 0 radical (unpaired) electrons. The molecule has 1 aliphatic carbocycles. The lowest BCUT2D eigenvalue weighted by molar-refractivity contribution is 0.0942. The van der Waals surface area contributed by atoms with E-state index < -0.39 is 0 Å². The first-order valence-electron chi connectivity index (χ1n) is 12.4. The van der Waals surface area contributed by atoms with Crippen LogP contribution in [0.15, 0.2) is 48.5 Å². The summed E-state index contributed by atoms with van der Waals surface area (Å²) in [6.45, 7) is 4.52. The minimum Gasteiger partial charge on any atom is -0.294 e. The summed E-state index contributed by atoms with van der Waals surface area (Å²) in [7, 11) is 0. The van der Waals surface area contributed by atoms with Crippen LogP contribution >= 0.6 is 0 Å². The number of hydrogen-bond donors (Lipinski definition) is 0. The highest BCUT2D eigenvalue weighted by atomic mass is 16.1. The van der Waals surface area contributed by atoms with Crippen LogP contribution in [0.1, 0.15) is 100 Å². The average molecular weight is 405 g/mol. The van der Waals surface area contributed by atoms with Gasteiger partial charge in [0.25, 0.3) is 0 Å². The maximum absolute atomic E-state index is 12.8. The Kier molecular flexibility index (Phi) is 9.18. The van der Waals surface area contributed by atoms with Gasteiger partial charge in [-0.3, -0.25) is 4.79 Å². The molecule has 0 bridgehead atoms. The molecule has 0 unspecified atom stereocenters. The number of benzene rings is 2. The summed E-state index contributed by atoms with van der Waals surface area (Å²) in [5.74, 6) is 1.83. The highest BCUT2D eigenvalue weighted by Gasteiger charge is 2.23. The second kappa shape index (κ2) is 12.1. The van der Waals surface area contributed by atoms with Gasteiger partial charge in [-0.2, -0.15) is 0 Å². The van der Waals surface area contributed by atoms with Crippen molar-refractivity contribution < 1.29 is 4.79 Å². The van der Waals surface area contributed by atoms with Crippen LogP contribution in [-0.2, 0) is 6.42 Å². The lowest BCUT2D eigenvalue weighted by atomic mass is 9.77. The molecule has 0 spiro atoms. The predicted molar refractivity (Wildman–Crippen MR) is 129 cm³/mol. The van der Waals surface area contributed by atoms with Crippen molar-refractivity contribution >= 4 is 5.78 Å². The summed E-state index contributed by atoms with van der Waals surface area (Å²) in [5.41, 5.74) is 4.73. The molecule has 0 heterocycles. The molecular weight excluding hydrogens is 364 g/mol. The molecule has 1 fully saturated rings. The highest BCUT2D eigenvalue weighted by molar-refractivity contribution is 5.96. The van der Waals surface area contributed by atoms with Crippen LogP contribution < -0.4 is 0 Å². The summed E-state index contributed by atoms with van der Waals surface area (Å²) in [6, 6.07) is 17.2. The van der Waals surface area contributed by atoms with E-state index in [1.165, 1.54) is 87.3 Å². The van der Waals surface area contributed by atoms with Crippen LogP contribution in [0, 0.1) is 11.8 Å². The summed E-state index contributed by atoms with van der Waals surface area (Å²) >= 11 is 0. The number of carbonyl (C=O) groups excluding carboxylic acids is 1. The Bertz CT molecular complexity index is 748. The van der Waals surface area contributed by atoms with E-state index in [0.29, 0.717) is 11.7 Å². The molecular formula is C29H40O. The topological polar surface area (TPSA) is 17.1 Å². The first-order valence-corrected chi connectivity index (χ1v) is 12.4. The molecule has 0 N–H and O–H groups in total. The predicted octanol–water partition coefficient (Wildman–Crippen LogP) is 8.66. The molecule has 3 rings (SSSR count). The fourth-order valence-electron chi connectivity index (χ4n) is 4.89. The molecule has 162 valence electrons. The zero-order valence-corrected chi connectivity index (χ0v) is 19.2. The van der Waals surface area contributed by atoms with Gasteiger partial charge in [0.05, 0.1) is 0 Å². The first-order chi connectivity index (χ1) is 14.7. The molecule has 0 aromatic heterocycles. The van der Waals surface area contributed by atoms with E-state index in [1.807, 2.05) is 12.1 Å². The van der Waals surface area contributed by atoms with Crippen LogP contribution in [0.2, 0.25) is 0 Å². The smallest absolute Gasteiger partial charge is 0.163 e. The lowest BCUT2D eigenvalue weighted by Crippen LogP contribution is -2.17. The number of unbranched alkanes of at least 4 members (excludes halogenated alkanes) is 3. The van der Waals surface area contributed by atoms with Crippen molar-refractivity contribution in [2.24, 2.45) is 11.8 Å². The quantitative estimate of drug-likeness (QED) is 0.270. The third-order valence-electron chi connectivity index (χ3n) is 6.97. The Labute approximate surface area is 184 Å². The molecule has 0 atom stereocenters. The van der Waals surface area contributed by atoms with Gasteiger partial charge in [-0.05, 0) is 54.2 Å². The molecule has 2 aromatic rings. The minimum atomic E-state index is 0.324. The van der Waals surface area contributed by atoms with Gasteiger partial charge < -0.3 is 0 Å². The van der Waals surface area contributed by atoms with Crippen LogP contribution in [0.3, 0.4) is 0 Å². The molecule has 1 saturated carbocycles. The zero-order valence-electron chi connectivity index (χ0n) is 19.2. The van der Waals surface area contributed by atoms with Crippen LogP contribution in [-0.4, -0.2) is 5.78 Å². The van der Waals surface area contributed by atoms with Gasteiger partial charge in [-0.25, -0.2) is 0 Å². The van der Waals surface area contributed by atoms with E-state index >= 15 is 0 Å². The van der Waals surface area contributed by atoms with Gasteiger partial charge in [0.2, 0.25) is 0 Å². The molecule has 30 heavy (non-hydrogen) atoms. The summed E-state index contributed by atoms with van der Waals surface area (Å²) in [4.78, 5) is 12.8. The number of ketones is 1. The number of carbonyl (C=O) groups is 1. The zero-order chi connectivity index (χ0) is 21.2. The first kappa shape index (κ1) is 22.8. The number of Topliss-reactive ketones (excluding diaryl/α,β-unsaturated/α-hetero) is 1. The fourth-order valence-corrected chi connectivity index (χ4v) is 4.89. The molecule has 0 aliphatic heterocycles. The third-order valence-corrected chi connectivity index (χ3v) is 6.97. The second-order valence-corrected chi connectivity index (χ2v) is 9.39.